The summed E-state index contributed by atoms with van der Waals surface area (Å²) in [6.07, 6.45) is 4.76. The molecular formula is C20H32N2O2. The summed E-state index contributed by atoms with van der Waals surface area (Å²) in [6, 6.07) is 8.48. The number of carbonyl (C=O) groups is 1. The van der Waals surface area contributed by atoms with E-state index in [0.29, 0.717) is 19.2 Å². The largest absolute Gasteiger partial charge is 0.492 e. The molecule has 1 amide bonds. The zero-order valence-electron chi connectivity index (χ0n) is 15.6. The minimum Gasteiger partial charge on any atom is -0.492 e. The summed E-state index contributed by atoms with van der Waals surface area (Å²) in [6.45, 7) is 6.17. The van der Waals surface area contributed by atoms with Gasteiger partial charge in [-0.25, -0.2) is 0 Å². The van der Waals surface area contributed by atoms with Gasteiger partial charge in [-0.3, -0.25) is 9.69 Å². The van der Waals surface area contributed by atoms with E-state index in [9.17, 15) is 4.79 Å². The van der Waals surface area contributed by atoms with Crippen molar-refractivity contribution in [3.63, 3.8) is 0 Å². The number of nitrogens with zero attached hydrogens (tertiary/aromatic N) is 2. The molecule has 4 nitrogen and oxygen atoms in total. The van der Waals surface area contributed by atoms with Gasteiger partial charge in [-0.1, -0.05) is 24.6 Å². The van der Waals surface area contributed by atoms with Gasteiger partial charge in [-0.15, -0.1) is 0 Å². The molecule has 1 aliphatic rings. The lowest BCUT2D eigenvalue weighted by atomic mass is 9.87. The minimum absolute atomic E-state index is 0.215. The van der Waals surface area contributed by atoms with Gasteiger partial charge in [0.15, 0.2) is 0 Å². The van der Waals surface area contributed by atoms with Crippen LogP contribution in [0, 0.1) is 12.8 Å². The molecule has 4 heteroatoms. The van der Waals surface area contributed by atoms with E-state index < -0.39 is 0 Å². The van der Waals surface area contributed by atoms with Crippen molar-refractivity contribution in [2.45, 2.75) is 45.6 Å². The second-order valence-corrected chi connectivity index (χ2v) is 7.32. The van der Waals surface area contributed by atoms with Crippen molar-refractivity contribution in [2.75, 3.05) is 33.8 Å². The van der Waals surface area contributed by atoms with Crippen LogP contribution in [0.1, 0.15) is 38.2 Å². The molecule has 24 heavy (non-hydrogen) atoms. The van der Waals surface area contributed by atoms with Crippen molar-refractivity contribution in [1.82, 2.24) is 9.80 Å². The molecular weight excluding hydrogens is 300 g/mol. The number of hydrogen-bond donors (Lipinski definition) is 0. The maximum atomic E-state index is 12.4. The standard InChI is InChI=1S/C20H32N2O2/c1-16-5-9-18(10-6-16)22(4)20(23)15-21(3)13-14-24-19-11-7-17(2)8-12-19/h7-8,11-12,16,18H,5-6,9-10,13-15H2,1-4H3. The number of benzene rings is 1. The molecule has 0 N–H and O–H groups in total. The van der Waals surface area contributed by atoms with E-state index in [2.05, 4.69) is 13.8 Å². The first-order chi connectivity index (χ1) is 11.5. The average Bonchev–Trinajstić information content (AvgIpc) is 2.56. The van der Waals surface area contributed by atoms with Gasteiger partial charge < -0.3 is 9.64 Å². The molecule has 0 bridgehead atoms. The van der Waals surface area contributed by atoms with Crippen LogP contribution >= 0.6 is 0 Å². The Morgan fingerprint density at radius 3 is 2.38 bits per heavy atom. The van der Waals surface area contributed by atoms with Crippen molar-refractivity contribution in [3.8, 4) is 5.75 Å². The first-order valence-corrected chi connectivity index (χ1v) is 9.09. The third-order valence-corrected chi connectivity index (χ3v) is 5.09. The molecule has 1 saturated carbocycles. The molecule has 0 aromatic heterocycles. The highest BCUT2D eigenvalue weighted by molar-refractivity contribution is 5.78. The van der Waals surface area contributed by atoms with Gasteiger partial charge in [0.1, 0.15) is 12.4 Å². The summed E-state index contributed by atoms with van der Waals surface area (Å²) in [5, 5.41) is 0. The lowest BCUT2D eigenvalue weighted by Crippen LogP contribution is -2.44. The van der Waals surface area contributed by atoms with E-state index in [1.807, 2.05) is 48.2 Å². The van der Waals surface area contributed by atoms with Crippen molar-refractivity contribution in [1.29, 1.82) is 0 Å². The van der Waals surface area contributed by atoms with Crippen LogP contribution in [0.3, 0.4) is 0 Å². The van der Waals surface area contributed by atoms with Crippen LogP contribution < -0.4 is 4.74 Å². The molecule has 0 unspecified atom stereocenters. The van der Waals surface area contributed by atoms with E-state index in [4.69, 9.17) is 4.74 Å². The third-order valence-electron chi connectivity index (χ3n) is 5.09. The molecule has 1 aromatic rings. The van der Waals surface area contributed by atoms with Crippen molar-refractivity contribution in [3.05, 3.63) is 29.8 Å². The molecule has 0 saturated heterocycles. The fraction of sp³-hybridized carbons (Fsp3) is 0.650. The summed E-state index contributed by atoms with van der Waals surface area (Å²) in [7, 11) is 3.94. The van der Waals surface area contributed by atoms with Gasteiger partial charge in [0, 0.05) is 19.6 Å². The highest BCUT2D eigenvalue weighted by atomic mass is 16.5. The first kappa shape index (κ1) is 18.8. The Morgan fingerprint density at radius 1 is 1.12 bits per heavy atom. The van der Waals surface area contributed by atoms with E-state index >= 15 is 0 Å². The van der Waals surface area contributed by atoms with E-state index in [1.165, 1.54) is 18.4 Å². The zero-order chi connectivity index (χ0) is 17.5. The third kappa shape index (κ3) is 5.82. The summed E-state index contributed by atoms with van der Waals surface area (Å²) >= 11 is 0. The van der Waals surface area contributed by atoms with Gasteiger partial charge in [0.05, 0.1) is 6.54 Å². The maximum Gasteiger partial charge on any atom is 0.236 e. The Bertz CT molecular complexity index is 507. The number of rotatable bonds is 7. The summed E-state index contributed by atoms with van der Waals surface area (Å²) in [4.78, 5) is 16.4. The summed E-state index contributed by atoms with van der Waals surface area (Å²) < 4.78 is 5.74. The Kier molecular flexibility index (Phi) is 7.10. The topological polar surface area (TPSA) is 32.8 Å². The molecule has 1 aromatic carbocycles. The number of ether oxygens (including phenoxy) is 1. The Hall–Kier alpha value is -1.55. The molecule has 134 valence electrons. The highest BCUT2D eigenvalue weighted by Crippen LogP contribution is 2.26. The van der Waals surface area contributed by atoms with Crippen LogP contribution in [0.25, 0.3) is 0 Å². The highest BCUT2D eigenvalue weighted by Gasteiger charge is 2.25. The average molecular weight is 332 g/mol. The molecule has 1 aliphatic carbocycles. The quantitative estimate of drug-likeness (QED) is 0.768. The SMILES string of the molecule is Cc1ccc(OCCN(C)CC(=O)N(C)C2CCC(C)CC2)cc1. The maximum absolute atomic E-state index is 12.4. The molecule has 0 atom stereocenters. The van der Waals surface area contributed by atoms with Crippen LogP contribution in [0.15, 0.2) is 24.3 Å². The Morgan fingerprint density at radius 2 is 1.75 bits per heavy atom. The molecule has 0 aliphatic heterocycles. The number of carbonyl (C=O) groups excluding carboxylic acids is 1. The Labute approximate surface area is 146 Å². The van der Waals surface area contributed by atoms with Crippen molar-refractivity contribution in [2.24, 2.45) is 5.92 Å². The van der Waals surface area contributed by atoms with E-state index in [-0.39, 0.29) is 5.91 Å². The summed E-state index contributed by atoms with van der Waals surface area (Å²) in [5.41, 5.74) is 1.23. The second-order valence-electron chi connectivity index (χ2n) is 7.32. The predicted octanol–water partition coefficient (Wildman–Crippen LogP) is 3.34. The van der Waals surface area contributed by atoms with Crippen LogP contribution in [0.5, 0.6) is 5.75 Å². The lowest BCUT2D eigenvalue weighted by molar-refractivity contribution is -0.133. The number of aryl methyl sites for hydroxylation is 1. The van der Waals surface area contributed by atoms with Crippen molar-refractivity contribution < 1.29 is 9.53 Å². The van der Waals surface area contributed by atoms with Gasteiger partial charge >= 0.3 is 0 Å². The predicted molar refractivity (Wildman–Crippen MR) is 98.4 cm³/mol. The fourth-order valence-electron chi connectivity index (χ4n) is 3.21. The number of likely N-dealkylation sites (N-methyl/N-ethyl adjacent to an activating group) is 2. The fourth-order valence-corrected chi connectivity index (χ4v) is 3.21. The molecule has 2 rings (SSSR count). The van der Waals surface area contributed by atoms with Crippen LogP contribution in [-0.2, 0) is 4.79 Å². The normalized spacial score (nSPS) is 20.9. The summed E-state index contributed by atoms with van der Waals surface area (Å²) in [5.74, 6) is 1.91. The van der Waals surface area contributed by atoms with Crippen LogP contribution in [0.2, 0.25) is 0 Å². The van der Waals surface area contributed by atoms with Gasteiger partial charge in [-0.05, 0) is 57.7 Å². The monoisotopic (exact) mass is 332 g/mol. The van der Waals surface area contributed by atoms with Gasteiger partial charge in [0.25, 0.3) is 0 Å². The number of amides is 1. The molecule has 1 fully saturated rings. The smallest absolute Gasteiger partial charge is 0.236 e. The van der Waals surface area contributed by atoms with E-state index in [0.717, 1.165) is 31.1 Å². The van der Waals surface area contributed by atoms with Crippen LogP contribution in [0.4, 0.5) is 0 Å². The Balaban J connectivity index is 1.68. The van der Waals surface area contributed by atoms with Gasteiger partial charge in [0.2, 0.25) is 5.91 Å². The van der Waals surface area contributed by atoms with E-state index in [1.54, 1.807) is 0 Å². The first-order valence-electron chi connectivity index (χ1n) is 9.09. The second kappa shape index (κ2) is 9.07. The molecule has 0 spiro atoms. The lowest BCUT2D eigenvalue weighted by Gasteiger charge is -2.34. The molecule has 0 radical (unpaired) electrons. The van der Waals surface area contributed by atoms with Crippen molar-refractivity contribution >= 4 is 5.91 Å². The minimum atomic E-state index is 0.215. The molecule has 0 heterocycles. The zero-order valence-corrected chi connectivity index (χ0v) is 15.6. The van der Waals surface area contributed by atoms with Gasteiger partial charge in [-0.2, -0.15) is 0 Å². The van der Waals surface area contributed by atoms with Crippen LogP contribution in [-0.4, -0.2) is 55.5 Å². The number of hydrogen-bond acceptors (Lipinski definition) is 3.